The topological polar surface area (TPSA) is 53.8 Å². The van der Waals surface area contributed by atoms with Crippen LogP contribution < -0.4 is 29.6 Å². The van der Waals surface area contributed by atoms with E-state index < -0.39 is 0 Å². The number of aromatic nitrogens is 1. The number of hydrogen-bond acceptors (Lipinski definition) is 3. The van der Waals surface area contributed by atoms with Gasteiger partial charge in [0.25, 0.3) is 0 Å². The molecule has 0 unspecified atom stereocenters. The molecule has 1 heterocycles. The van der Waals surface area contributed by atoms with Crippen molar-refractivity contribution < 1.29 is 34.4 Å². The van der Waals surface area contributed by atoms with Crippen LogP contribution in [-0.2, 0) is 4.79 Å². The minimum Gasteiger partial charge on any atom is -0.417 e. The van der Waals surface area contributed by atoms with Gasteiger partial charge in [-0.2, -0.15) is 10.8 Å². The summed E-state index contributed by atoms with van der Waals surface area (Å²) in [5, 5.41) is 8.44. The third-order valence-electron chi connectivity index (χ3n) is 1.30. The number of carbonyl (C=O) groups excluding carboxylic acids is 1. The Hall–Kier alpha value is -0.690. The molecule has 0 saturated carbocycles. The molecule has 1 aromatic heterocycles. The number of nitrogens with zero attached hydrogens (tertiary/aromatic N) is 2. The molecule has 0 saturated heterocycles. The second-order valence-corrected chi connectivity index (χ2v) is 2.10. The summed E-state index contributed by atoms with van der Waals surface area (Å²) in [6.45, 7) is 1.72. The van der Waals surface area contributed by atoms with Gasteiger partial charge in [-0.1, -0.05) is 5.69 Å². The van der Waals surface area contributed by atoms with Crippen molar-refractivity contribution in [2.45, 2.75) is 6.92 Å². The summed E-state index contributed by atoms with van der Waals surface area (Å²) in [7, 11) is 0. The van der Waals surface area contributed by atoms with E-state index in [0.29, 0.717) is 11.1 Å². The quantitative estimate of drug-likeness (QED) is 0.351. The zero-order valence-electron chi connectivity index (χ0n) is 6.96. The predicted molar refractivity (Wildman–Crippen MR) is 38.5 cm³/mol. The Bertz CT molecular complexity index is 330. The minimum atomic E-state index is 0. The van der Waals surface area contributed by atoms with Gasteiger partial charge < -0.3 is 4.79 Å². The maximum absolute atomic E-state index is 10.2. The number of nitriles is 1. The van der Waals surface area contributed by atoms with E-state index in [1.807, 2.05) is 6.07 Å². The molecule has 0 spiro atoms. The fourth-order valence-corrected chi connectivity index (χ4v) is 0.743. The molecule has 0 atom stereocenters. The maximum Gasteiger partial charge on any atom is 1.00 e. The standard InChI is InChI=1S/C8H5N2O.Na/c1-6-2-7(3-9)4-10-8(6)5-11;/h2,4H,1H3;/q-1;+1. The summed E-state index contributed by atoms with van der Waals surface area (Å²) in [4.78, 5) is 13.9. The Morgan fingerprint density at radius 1 is 1.67 bits per heavy atom. The van der Waals surface area contributed by atoms with Crippen molar-refractivity contribution in [3.63, 3.8) is 0 Å². The first-order valence-electron chi connectivity index (χ1n) is 3.03. The van der Waals surface area contributed by atoms with E-state index in [1.165, 1.54) is 6.20 Å². The maximum atomic E-state index is 10.2. The van der Waals surface area contributed by atoms with Gasteiger partial charge in [0.1, 0.15) is 0 Å². The molecule has 1 rings (SSSR count). The normalized spacial score (nSPS) is 8.00. The van der Waals surface area contributed by atoms with Gasteiger partial charge in [-0.25, -0.2) is 0 Å². The van der Waals surface area contributed by atoms with E-state index in [4.69, 9.17) is 5.26 Å². The van der Waals surface area contributed by atoms with E-state index in [0.717, 1.165) is 0 Å². The molecule has 0 aromatic carbocycles. The molecule has 54 valence electrons. The van der Waals surface area contributed by atoms with Gasteiger partial charge in [0.2, 0.25) is 0 Å². The molecule has 0 N–H and O–H groups in total. The molecule has 0 amide bonds. The fourth-order valence-electron chi connectivity index (χ4n) is 0.743. The van der Waals surface area contributed by atoms with Crippen LogP contribution in [0.25, 0.3) is 0 Å². The Labute approximate surface area is 92.7 Å². The summed E-state index contributed by atoms with van der Waals surface area (Å²) in [6.07, 6.45) is 3.03. The van der Waals surface area contributed by atoms with Crippen LogP contribution in [0.15, 0.2) is 12.3 Å². The molecular weight excluding hydrogens is 163 g/mol. The third-order valence-corrected chi connectivity index (χ3v) is 1.30. The number of aryl methyl sites for hydroxylation is 1. The van der Waals surface area contributed by atoms with Gasteiger partial charge in [-0.05, 0) is 0 Å². The Morgan fingerprint density at radius 3 is 2.75 bits per heavy atom. The molecular formula is C8H5N2NaO. The monoisotopic (exact) mass is 168 g/mol. The summed E-state index contributed by atoms with van der Waals surface area (Å²) >= 11 is 0. The van der Waals surface area contributed by atoms with Crippen LogP contribution in [0, 0.1) is 18.3 Å². The van der Waals surface area contributed by atoms with Gasteiger partial charge in [-0.3, -0.25) is 4.98 Å². The van der Waals surface area contributed by atoms with Gasteiger partial charge in [-0.15, -0.1) is 13.0 Å². The predicted octanol–water partition coefficient (Wildman–Crippen LogP) is -2.28. The van der Waals surface area contributed by atoms with Crippen LogP contribution in [0.2, 0.25) is 0 Å². The van der Waals surface area contributed by atoms with Crippen LogP contribution in [0.5, 0.6) is 0 Å². The molecule has 0 fully saturated rings. The molecule has 3 nitrogen and oxygen atoms in total. The van der Waals surface area contributed by atoms with Crippen LogP contribution in [0.4, 0.5) is 0 Å². The SMILES string of the molecule is Cc1cc(C#N)cnc1[C-]=O.[Na+]. The van der Waals surface area contributed by atoms with E-state index in [9.17, 15) is 4.79 Å². The molecule has 0 bridgehead atoms. The molecule has 0 aliphatic rings. The second kappa shape index (κ2) is 5.04. The molecule has 1 aromatic rings. The molecule has 0 radical (unpaired) electrons. The largest absolute Gasteiger partial charge is 1.00 e. The Kier molecular flexibility index (Phi) is 4.75. The van der Waals surface area contributed by atoms with Crippen molar-refractivity contribution in [3.05, 3.63) is 29.1 Å². The number of hydrogen-bond donors (Lipinski definition) is 0. The van der Waals surface area contributed by atoms with Crippen molar-refractivity contribution in [1.82, 2.24) is 4.98 Å². The zero-order valence-corrected chi connectivity index (χ0v) is 8.96. The average Bonchev–Trinajstić information content (AvgIpc) is 2.04. The van der Waals surface area contributed by atoms with Crippen molar-refractivity contribution in [1.29, 1.82) is 5.26 Å². The summed E-state index contributed by atoms with van der Waals surface area (Å²) in [5.41, 5.74) is 1.41. The Balaban J connectivity index is 0.00000121. The van der Waals surface area contributed by atoms with Crippen molar-refractivity contribution >= 4 is 6.29 Å². The molecule has 4 heteroatoms. The van der Waals surface area contributed by atoms with E-state index in [2.05, 4.69) is 4.98 Å². The summed E-state index contributed by atoms with van der Waals surface area (Å²) in [6, 6.07) is 3.53. The molecule has 12 heavy (non-hydrogen) atoms. The molecule has 0 aliphatic carbocycles. The number of rotatable bonds is 1. The van der Waals surface area contributed by atoms with Crippen LogP contribution in [0.1, 0.15) is 16.8 Å². The average molecular weight is 168 g/mol. The van der Waals surface area contributed by atoms with Gasteiger partial charge in [0, 0.05) is 12.5 Å². The van der Waals surface area contributed by atoms with E-state index >= 15 is 0 Å². The fraction of sp³-hybridized carbons (Fsp3) is 0.125. The van der Waals surface area contributed by atoms with Crippen molar-refractivity contribution in [2.24, 2.45) is 0 Å². The van der Waals surface area contributed by atoms with E-state index in [-0.39, 0.29) is 35.3 Å². The van der Waals surface area contributed by atoms with E-state index in [1.54, 1.807) is 19.3 Å². The first kappa shape index (κ1) is 11.3. The van der Waals surface area contributed by atoms with Gasteiger partial charge >= 0.3 is 29.6 Å². The summed E-state index contributed by atoms with van der Waals surface area (Å²) in [5.74, 6) is 0. The van der Waals surface area contributed by atoms with Crippen LogP contribution in [-0.4, -0.2) is 11.3 Å². The van der Waals surface area contributed by atoms with Gasteiger partial charge in [0.05, 0.1) is 11.6 Å². The zero-order chi connectivity index (χ0) is 8.27. The molecule has 0 aliphatic heterocycles. The van der Waals surface area contributed by atoms with Crippen LogP contribution >= 0.6 is 0 Å². The number of pyridine rings is 1. The minimum absolute atomic E-state index is 0. The van der Waals surface area contributed by atoms with Crippen molar-refractivity contribution in [3.8, 4) is 6.07 Å². The third kappa shape index (κ3) is 2.42. The Morgan fingerprint density at radius 2 is 2.33 bits per heavy atom. The second-order valence-electron chi connectivity index (χ2n) is 2.10. The first-order valence-corrected chi connectivity index (χ1v) is 3.03. The van der Waals surface area contributed by atoms with Gasteiger partial charge in [0.15, 0.2) is 0 Å². The van der Waals surface area contributed by atoms with Crippen LogP contribution in [0.3, 0.4) is 0 Å². The summed E-state index contributed by atoms with van der Waals surface area (Å²) < 4.78 is 0. The van der Waals surface area contributed by atoms with Crippen molar-refractivity contribution in [2.75, 3.05) is 0 Å². The first-order chi connectivity index (χ1) is 5.27. The smallest absolute Gasteiger partial charge is 0.417 e.